The highest BCUT2D eigenvalue weighted by molar-refractivity contribution is 5.76. The zero-order valence-corrected chi connectivity index (χ0v) is 12.4. The molecular formula is C16H17F4NO2. The minimum absolute atomic E-state index is 0.00127. The van der Waals surface area contributed by atoms with Crippen molar-refractivity contribution >= 4 is 5.97 Å². The molecule has 2 aliphatic rings. The maximum atomic E-state index is 13.8. The SMILES string of the molecule is O=C(O)[C@@]12CCC[C@H]1CN(Cc1cc(C(F)(F)F)ccc1F)C2. The molecule has 1 aromatic carbocycles. The van der Waals surface area contributed by atoms with Gasteiger partial charge in [0.1, 0.15) is 5.82 Å². The van der Waals surface area contributed by atoms with Gasteiger partial charge in [-0.3, -0.25) is 9.69 Å². The fourth-order valence-electron chi connectivity index (χ4n) is 3.98. The van der Waals surface area contributed by atoms with E-state index < -0.39 is 28.9 Å². The number of alkyl halides is 3. The van der Waals surface area contributed by atoms with Gasteiger partial charge in [0.25, 0.3) is 0 Å². The molecule has 2 fully saturated rings. The Morgan fingerprint density at radius 2 is 2.13 bits per heavy atom. The molecule has 0 aromatic heterocycles. The first-order valence-electron chi connectivity index (χ1n) is 7.54. The van der Waals surface area contributed by atoms with Crippen molar-refractivity contribution in [2.45, 2.75) is 32.0 Å². The fourth-order valence-corrected chi connectivity index (χ4v) is 3.98. The van der Waals surface area contributed by atoms with Crippen LogP contribution in [0.3, 0.4) is 0 Å². The minimum atomic E-state index is -4.52. The van der Waals surface area contributed by atoms with Gasteiger partial charge < -0.3 is 5.11 Å². The van der Waals surface area contributed by atoms with Crippen molar-refractivity contribution in [1.82, 2.24) is 4.90 Å². The number of nitrogens with zero attached hydrogens (tertiary/aromatic N) is 1. The Balaban J connectivity index is 1.80. The molecule has 0 radical (unpaired) electrons. The largest absolute Gasteiger partial charge is 0.481 e. The van der Waals surface area contributed by atoms with Crippen LogP contribution in [0.15, 0.2) is 18.2 Å². The highest BCUT2D eigenvalue weighted by Gasteiger charge is 2.54. The lowest BCUT2D eigenvalue weighted by atomic mass is 9.81. The second-order valence-electron chi connectivity index (χ2n) is 6.52. The zero-order chi connectivity index (χ0) is 16.8. The Morgan fingerprint density at radius 1 is 1.39 bits per heavy atom. The van der Waals surface area contributed by atoms with Crippen molar-refractivity contribution in [2.24, 2.45) is 11.3 Å². The first kappa shape index (κ1) is 16.2. The molecule has 0 bridgehead atoms. The van der Waals surface area contributed by atoms with Gasteiger partial charge in [-0.1, -0.05) is 6.42 Å². The summed E-state index contributed by atoms with van der Waals surface area (Å²) >= 11 is 0. The number of carboxylic acids is 1. The molecule has 1 N–H and O–H groups in total. The van der Waals surface area contributed by atoms with Crippen LogP contribution in [0.4, 0.5) is 17.6 Å². The molecule has 1 saturated heterocycles. The maximum absolute atomic E-state index is 13.8. The van der Waals surface area contributed by atoms with Crippen LogP contribution < -0.4 is 0 Å². The van der Waals surface area contributed by atoms with Crippen molar-refractivity contribution < 1.29 is 27.5 Å². The first-order chi connectivity index (χ1) is 10.7. The predicted octanol–water partition coefficient (Wildman–Crippen LogP) is 3.53. The van der Waals surface area contributed by atoms with E-state index in [2.05, 4.69) is 0 Å². The smallest absolute Gasteiger partial charge is 0.416 e. The second-order valence-corrected chi connectivity index (χ2v) is 6.52. The Labute approximate surface area is 130 Å². The fraction of sp³-hybridized carbons (Fsp3) is 0.562. The summed E-state index contributed by atoms with van der Waals surface area (Å²) in [6, 6.07) is 2.36. The average molecular weight is 331 g/mol. The number of halogens is 4. The van der Waals surface area contributed by atoms with Gasteiger partial charge in [0, 0.05) is 25.2 Å². The summed E-state index contributed by atoms with van der Waals surface area (Å²) in [6.07, 6.45) is -2.29. The molecule has 1 saturated carbocycles. The molecule has 3 nitrogen and oxygen atoms in total. The number of carboxylic acid groups (broad SMARTS) is 1. The molecular weight excluding hydrogens is 314 g/mol. The molecule has 1 aliphatic carbocycles. The maximum Gasteiger partial charge on any atom is 0.416 e. The number of aliphatic carboxylic acids is 1. The van der Waals surface area contributed by atoms with Crippen LogP contribution in [0, 0.1) is 17.2 Å². The third-order valence-electron chi connectivity index (χ3n) is 5.13. The highest BCUT2D eigenvalue weighted by atomic mass is 19.4. The van der Waals surface area contributed by atoms with Crippen LogP contribution >= 0.6 is 0 Å². The number of rotatable bonds is 3. The molecule has 23 heavy (non-hydrogen) atoms. The molecule has 7 heteroatoms. The summed E-state index contributed by atoms with van der Waals surface area (Å²) in [4.78, 5) is 13.4. The van der Waals surface area contributed by atoms with Crippen molar-refractivity contribution in [3.05, 3.63) is 35.1 Å². The number of hydrogen-bond donors (Lipinski definition) is 1. The first-order valence-corrected chi connectivity index (χ1v) is 7.54. The van der Waals surface area contributed by atoms with Gasteiger partial charge in [-0.25, -0.2) is 4.39 Å². The lowest BCUT2D eigenvalue weighted by Crippen LogP contribution is -2.35. The Kier molecular flexibility index (Phi) is 3.86. The van der Waals surface area contributed by atoms with Crippen LogP contribution in [0.1, 0.15) is 30.4 Å². The highest BCUT2D eigenvalue weighted by Crippen LogP contribution is 2.49. The van der Waals surface area contributed by atoms with E-state index in [-0.39, 0.29) is 24.6 Å². The van der Waals surface area contributed by atoms with E-state index in [1.807, 2.05) is 0 Å². The Morgan fingerprint density at radius 3 is 2.74 bits per heavy atom. The molecule has 0 unspecified atom stereocenters. The van der Waals surface area contributed by atoms with Gasteiger partial charge in [0.2, 0.25) is 0 Å². The van der Waals surface area contributed by atoms with Gasteiger partial charge >= 0.3 is 12.1 Å². The van der Waals surface area contributed by atoms with Crippen molar-refractivity contribution in [3.8, 4) is 0 Å². The normalized spacial score (nSPS) is 28.1. The molecule has 1 aromatic rings. The lowest BCUT2D eigenvalue weighted by Gasteiger charge is -2.23. The van der Waals surface area contributed by atoms with E-state index in [4.69, 9.17) is 0 Å². The number of hydrogen-bond acceptors (Lipinski definition) is 2. The number of carbonyl (C=O) groups is 1. The van der Waals surface area contributed by atoms with E-state index in [1.54, 1.807) is 4.90 Å². The van der Waals surface area contributed by atoms with Crippen LogP contribution in [0.5, 0.6) is 0 Å². The molecule has 1 aliphatic heterocycles. The van der Waals surface area contributed by atoms with Gasteiger partial charge in [-0.05, 0) is 37.0 Å². The summed E-state index contributed by atoms with van der Waals surface area (Å²) in [5.74, 6) is -1.56. The zero-order valence-electron chi connectivity index (χ0n) is 12.4. The average Bonchev–Trinajstić information content (AvgIpc) is 2.97. The van der Waals surface area contributed by atoms with Gasteiger partial charge in [0.05, 0.1) is 11.0 Å². The summed E-state index contributed by atoms with van der Waals surface area (Å²) in [7, 11) is 0. The number of fused-ring (bicyclic) bond motifs is 1. The molecule has 126 valence electrons. The van der Waals surface area contributed by atoms with Crippen LogP contribution in [0.25, 0.3) is 0 Å². The van der Waals surface area contributed by atoms with E-state index in [1.165, 1.54) is 0 Å². The van der Waals surface area contributed by atoms with E-state index in [0.29, 0.717) is 13.0 Å². The third-order valence-corrected chi connectivity index (χ3v) is 5.13. The summed E-state index contributed by atoms with van der Waals surface area (Å²) in [5.41, 5.74) is -1.75. The quantitative estimate of drug-likeness (QED) is 0.862. The number of benzene rings is 1. The van der Waals surface area contributed by atoms with Crippen molar-refractivity contribution in [1.29, 1.82) is 0 Å². The second kappa shape index (κ2) is 5.47. The molecule has 1 heterocycles. The Hall–Kier alpha value is -1.63. The van der Waals surface area contributed by atoms with E-state index in [9.17, 15) is 27.5 Å². The van der Waals surface area contributed by atoms with Gasteiger partial charge in [0.15, 0.2) is 0 Å². The van der Waals surface area contributed by atoms with Gasteiger partial charge in [-0.2, -0.15) is 13.2 Å². The van der Waals surface area contributed by atoms with Crippen molar-refractivity contribution in [2.75, 3.05) is 13.1 Å². The summed E-state index contributed by atoms with van der Waals surface area (Å²) in [6.45, 7) is 0.756. The number of likely N-dealkylation sites (tertiary alicyclic amines) is 1. The van der Waals surface area contributed by atoms with Crippen LogP contribution in [-0.4, -0.2) is 29.1 Å². The molecule has 3 rings (SSSR count). The third kappa shape index (κ3) is 2.82. The lowest BCUT2D eigenvalue weighted by molar-refractivity contribution is -0.149. The van der Waals surface area contributed by atoms with Crippen molar-refractivity contribution in [3.63, 3.8) is 0 Å². The van der Waals surface area contributed by atoms with Crippen LogP contribution in [-0.2, 0) is 17.5 Å². The topological polar surface area (TPSA) is 40.5 Å². The Bertz CT molecular complexity index is 631. The van der Waals surface area contributed by atoms with Gasteiger partial charge in [-0.15, -0.1) is 0 Å². The monoisotopic (exact) mass is 331 g/mol. The van der Waals surface area contributed by atoms with E-state index >= 15 is 0 Å². The molecule has 0 spiro atoms. The minimum Gasteiger partial charge on any atom is -0.481 e. The molecule has 2 atom stereocenters. The van der Waals surface area contributed by atoms with Crippen LogP contribution in [0.2, 0.25) is 0 Å². The summed E-state index contributed by atoms with van der Waals surface area (Å²) in [5, 5.41) is 9.51. The summed E-state index contributed by atoms with van der Waals surface area (Å²) < 4.78 is 52.1. The molecule has 0 amide bonds. The van der Waals surface area contributed by atoms with E-state index in [0.717, 1.165) is 31.0 Å². The standard InChI is InChI=1S/C16H17F4NO2/c17-13-4-3-11(16(18,19)20)6-10(13)7-21-8-12-2-1-5-15(12,9-21)14(22)23/h3-4,6,12H,1-2,5,7-9H2,(H,22,23)/t12-,15+/m0/s1. The predicted molar refractivity (Wildman–Crippen MR) is 74.1 cm³/mol.